The number of piperidine rings is 1. The second-order valence-electron chi connectivity index (χ2n) is 5.56. The van der Waals surface area contributed by atoms with Gasteiger partial charge in [0.05, 0.1) is 6.04 Å². The van der Waals surface area contributed by atoms with Crippen LogP contribution in [0.1, 0.15) is 38.5 Å². The summed E-state index contributed by atoms with van der Waals surface area (Å²) in [5, 5.41) is 4.21. The highest BCUT2D eigenvalue weighted by molar-refractivity contribution is 8.00. The van der Waals surface area contributed by atoms with E-state index in [9.17, 15) is 4.79 Å². The molecule has 2 saturated heterocycles. The van der Waals surface area contributed by atoms with Gasteiger partial charge in [0.1, 0.15) is 0 Å². The van der Waals surface area contributed by atoms with Crippen LogP contribution in [-0.2, 0) is 4.79 Å². The average molecular weight is 254 g/mol. The highest BCUT2D eigenvalue weighted by Gasteiger charge is 2.34. The van der Waals surface area contributed by atoms with Crippen LogP contribution in [0.4, 0.5) is 0 Å². The number of likely N-dealkylation sites (tertiary alicyclic amines) is 1. The largest absolute Gasteiger partial charge is 0.340 e. The minimum atomic E-state index is 0.127. The number of carbonyl (C=O) groups excluding carboxylic acids is 1. The van der Waals surface area contributed by atoms with E-state index >= 15 is 0 Å². The summed E-state index contributed by atoms with van der Waals surface area (Å²) in [5.74, 6) is 1.66. The van der Waals surface area contributed by atoms with Gasteiger partial charge >= 0.3 is 0 Å². The molecule has 3 nitrogen and oxygen atoms in total. The first-order chi connectivity index (χ1) is 8.33. The third kappa shape index (κ3) is 2.97. The molecule has 0 aromatic heterocycles. The van der Waals surface area contributed by atoms with Crippen LogP contribution in [0.3, 0.4) is 0 Å². The molecule has 2 aliphatic heterocycles. The van der Waals surface area contributed by atoms with E-state index in [-0.39, 0.29) is 6.04 Å². The number of hydrogen-bond acceptors (Lipinski definition) is 3. The molecular formula is C13H22N2OS. The lowest BCUT2D eigenvalue weighted by atomic mass is 10.0. The normalized spacial score (nSPS) is 34.4. The smallest absolute Gasteiger partial charge is 0.239 e. The molecule has 1 saturated carbocycles. The summed E-state index contributed by atoms with van der Waals surface area (Å²) in [7, 11) is 0. The Morgan fingerprint density at radius 3 is 2.82 bits per heavy atom. The summed E-state index contributed by atoms with van der Waals surface area (Å²) in [6, 6.07) is 0.771. The highest BCUT2D eigenvalue weighted by Crippen LogP contribution is 2.28. The Hall–Kier alpha value is -0.220. The molecule has 1 N–H and O–H groups in total. The van der Waals surface area contributed by atoms with Gasteiger partial charge in [-0.15, -0.1) is 0 Å². The van der Waals surface area contributed by atoms with Gasteiger partial charge in [-0.05, 0) is 44.3 Å². The van der Waals surface area contributed by atoms with E-state index in [4.69, 9.17) is 0 Å². The first kappa shape index (κ1) is 11.8. The fourth-order valence-corrected chi connectivity index (χ4v) is 4.13. The molecule has 0 radical (unpaired) electrons. The van der Waals surface area contributed by atoms with Crippen molar-refractivity contribution in [1.82, 2.24) is 10.2 Å². The molecular weight excluding hydrogens is 232 g/mol. The monoisotopic (exact) mass is 254 g/mol. The lowest BCUT2D eigenvalue weighted by Gasteiger charge is -2.34. The summed E-state index contributed by atoms with van der Waals surface area (Å²) >= 11 is 2.05. The molecule has 3 fully saturated rings. The van der Waals surface area contributed by atoms with E-state index in [0.717, 1.165) is 19.5 Å². The van der Waals surface area contributed by atoms with Gasteiger partial charge in [0, 0.05) is 24.4 Å². The number of amides is 1. The van der Waals surface area contributed by atoms with Crippen molar-refractivity contribution in [2.75, 3.05) is 18.8 Å². The maximum Gasteiger partial charge on any atom is 0.239 e. The number of nitrogens with one attached hydrogen (secondary N) is 1. The predicted molar refractivity (Wildman–Crippen MR) is 71.2 cm³/mol. The van der Waals surface area contributed by atoms with Crippen LogP contribution in [0.25, 0.3) is 0 Å². The number of carbonyl (C=O) groups is 1. The Morgan fingerprint density at radius 1 is 1.24 bits per heavy atom. The van der Waals surface area contributed by atoms with E-state index in [1.54, 1.807) is 0 Å². The van der Waals surface area contributed by atoms with Crippen LogP contribution >= 0.6 is 11.8 Å². The molecule has 1 amide bonds. The Kier molecular flexibility index (Phi) is 3.61. The number of nitrogens with zero attached hydrogens (tertiary/aromatic N) is 1. The van der Waals surface area contributed by atoms with Gasteiger partial charge in [0.15, 0.2) is 0 Å². The van der Waals surface area contributed by atoms with Crippen LogP contribution in [0.5, 0.6) is 0 Å². The topological polar surface area (TPSA) is 32.3 Å². The van der Waals surface area contributed by atoms with Crippen LogP contribution in [0.15, 0.2) is 0 Å². The summed E-state index contributed by atoms with van der Waals surface area (Å²) in [6.07, 6.45) is 7.39. The van der Waals surface area contributed by atoms with Gasteiger partial charge in [-0.1, -0.05) is 0 Å². The van der Waals surface area contributed by atoms with Crippen molar-refractivity contribution in [2.45, 2.75) is 55.9 Å². The molecule has 0 bridgehead atoms. The minimum Gasteiger partial charge on any atom is -0.340 e. The second-order valence-corrected chi connectivity index (χ2v) is 6.96. The van der Waals surface area contributed by atoms with E-state index in [1.807, 2.05) is 0 Å². The van der Waals surface area contributed by atoms with E-state index in [1.165, 1.54) is 37.9 Å². The van der Waals surface area contributed by atoms with Crippen molar-refractivity contribution in [3.05, 3.63) is 0 Å². The van der Waals surface area contributed by atoms with Crippen molar-refractivity contribution in [1.29, 1.82) is 0 Å². The summed E-state index contributed by atoms with van der Waals surface area (Å²) in [6.45, 7) is 1.98. The molecule has 3 aliphatic rings. The molecule has 2 heterocycles. The molecule has 2 atom stereocenters. The number of rotatable bonds is 4. The third-order valence-corrected chi connectivity index (χ3v) is 5.37. The number of hydrogen-bond donors (Lipinski definition) is 1. The Balaban J connectivity index is 1.53. The summed E-state index contributed by atoms with van der Waals surface area (Å²) in [5.41, 5.74) is 0. The Morgan fingerprint density at radius 2 is 2.12 bits per heavy atom. The fraction of sp³-hybridized carbons (Fsp3) is 0.923. The standard InChI is InChI=1S/C13H22N2OS/c16-13-12(14-10-5-6-10)4-1-7-15(13)9-11-3-2-8-17-11/h10-12,14H,1-9H2. The van der Waals surface area contributed by atoms with Gasteiger partial charge < -0.3 is 10.2 Å². The van der Waals surface area contributed by atoms with Crippen LogP contribution < -0.4 is 5.32 Å². The first-order valence-corrected chi connectivity index (χ1v) is 8.04. The third-order valence-electron chi connectivity index (χ3n) is 3.99. The van der Waals surface area contributed by atoms with Crippen molar-refractivity contribution < 1.29 is 4.79 Å². The van der Waals surface area contributed by atoms with Crippen molar-refractivity contribution in [3.63, 3.8) is 0 Å². The van der Waals surface area contributed by atoms with E-state index in [2.05, 4.69) is 22.0 Å². The Labute approximate surface area is 108 Å². The molecule has 0 aromatic rings. The van der Waals surface area contributed by atoms with Crippen molar-refractivity contribution in [2.24, 2.45) is 0 Å². The number of thioether (sulfide) groups is 1. The quantitative estimate of drug-likeness (QED) is 0.827. The van der Waals surface area contributed by atoms with Crippen molar-refractivity contribution in [3.8, 4) is 0 Å². The summed E-state index contributed by atoms with van der Waals surface area (Å²) < 4.78 is 0. The second kappa shape index (κ2) is 5.19. The van der Waals surface area contributed by atoms with Gasteiger partial charge in [0.2, 0.25) is 5.91 Å². The van der Waals surface area contributed by atoms with E-state index in [0.29, 0.717) is 17.2 Å². The van der Waals surface area contributed by atoms with Crippen LogP contribution in [0, 0.1) is 0 Å². The molecule has 1 aliphatic carbocycles. The molecule has 2 unspecified atom stereocenters. The lowest BCUT2D eigenvalue weighted by molar-refractivity contribution is -0.136. The average Bonchev–Trinajstić information content (AvgIpc) is 2.99. The molecule has 17 heavy (non-hydrogen) atoms. The SMILES string of the molecule is O=C1C(NC2CC2)CCCN1CC1CCCS1. The van der Waals surface area contributed by atoms with E-state index < -0.39 is 0 Å². The highest BCUT2D eigenvalue weighted by atomic mass is 32.2. The maximum absolute atomic E-state index is 12.3. The molecule has 96 valence electrons. The first-order valence-electron chi connectivity index (χ1n) is 6.99. The Bertz CT molecular complexity index is 287. The molecule has 4 heteroatoms. The lowest BCUT2D eigenvalue weighted by Crippen LogP contribution is -2.52. The van der Waals surface area contributed by atoms with Crippen LogP contribution in [0.2, 0.25) is 0 Å². The zero-order valence-corrected chi connectivity index (χ0v) is 11.2. The molecule has 0 aromatic carbocycles. The predicted octanol–water partition coefficient (Wildman–Crippen LogP) is 1.62. The van der Waals surface area contributed by atoms with Gasteiger partial charge in [-0.2, -0.15) is 11.8 Å². The van der Waals surface area contributed by atoms with Crippen molar-refractivity contribution >= 4 is 17.7 Å². The zero-order valence-electron chi connectivity index (χ0n) is 10.4. The fourth-order valence-electron chi connectivity index (χ4n) is 2.84. The minimum absolute atomic E-state index is 0.127. The summed E-state index contributed by atoms with van der Waals surface area (Å²) in [4.78, 5) is 14.4. The molecule has 0 spiro atoms. The van der Waals surface area contributed by atoms with Gasteiger partial charge in [-0.3, -0.25) is 4.79 Å². The van der Waals surface area contributed by atoms with Gasteiger partial charge in [0.25, 0.3) is 0 Å². The molecule has 3 rings (SSSR count). The zero-order chi connectivity index (χ0) is 11.7. The van der Waals surface area contributed by atoms with Crippen LogP contribution in [-0.4, -0.2) is 47.0 Å². The maximum atomic E-state index is 12.3. The van der Waals surface area contributed by atoms with Gasteiger partial charge in [-0.25, -0.2) is 0 Å².